The van der Waals surface area contributed by atoms with Crippen LogP contribution < -0.4 is 0 Å². The molecule has 1 aliphatic carbocycles. The molecule has 0 saturated carbocycles. The Morgan fingerprint density at radius 1 is 0.938 bits per heavy atom. The lowest BCUT2D eigenvalue weighted by molar-refractivity contribution is -0.135. The Labute approximate surface area is 93.8 Å². The summed E-state index contributed by atoms with van der Waals surface area (Å²) in [6, 6.07) is 0. The Morgan fingerprint density at radius 3 is 1.25 bits per heavy atom. The standard InChI is InChI=1S/C6H10O2.2C2H4O2/c7-5-1-2-6(8)4-3-5;2*1-2(3)4/h1-2,5-8H,3-4H2;2*1H3,(H,3,4)/t5-,6+;;. The Hall–Kier alpha value is -1.40. The number of aliphatic carboxylic acids is 2. The molecule has 6 heteroatoms. The van der Waals surface area contributed by atoms with E-state index in [1.165, 1.54) is 0 Å². The summed E-state index contributed by atoms with van der Waals surface area (Å²) in [4.78, 5) is 18.0. The fourth-order valence-corrected chi connectivity index (χ4v) is 0.790. The molecule has 0 aromatic heterocycles. The minimum absolute atomic E-state index is 0.321. The molecule has 0 fully saturated rings. The van der Waals surface area contributed by atoms with E-state index in [4.69, 9.17) is 30.0 Å². The third-order valence-electron chi connectivity index (χ3n) is 1.31. The highest BCUT2D eigenvalue weighted by molar-refractivity contribution is 5.63. The summed E-state index contributed by atoms with van der Waals surface area (Å²) in [5.41, 5.74) is 0. The third kappa shape index (κ3) is 22.9. The third-order valence-corrected chi connectivity index (χ3v) is 1.31. The molecular formula is C10H18O6. The van der Waals surface area contributed by atoms with Gasteiger partial charge in [-0.3, -0.25) is 9.59 Å². The van der Waals surface area contributed by atoms with Crippen LogP contribution in [0.15, 0.2) is 12.2 Å². The summed E-state index contributed by atoms with van der Waals surface area (Å²) in [5, 5.41) is 32.5. The van der Waals surface area contributed by atoms with Crippen molar-refractivity contribution in [3.05, 3.63) is 12.2 Å². The van der Waals surface area contributed by atoms with Gasteiger partial charge in [-0.2, -0.15) is 0 Å². The van der Waals surface area contributed by atoms with Gasteiger partial charge in [0.05, 0.1) is 12.2 Å². The minimum Gasteiger partial charge on any atom is -0.481 e. The maximum absolute atomic E-state index is 9.00. The Kier molecular flexibility index (Phi) is 10.8. The first-order valence-corrected chi connectivity index (χ1v) is 4.69. The molecule has 0 spiro atoms. The molecule has 0 unspecified atom stereocenters. The Morgan fingerprint density at radius 2 is 1.12 bits per heavy atom. The highest BCUT2D eigenvalue weighted by Crippen LogP contribution is 2.09. The summed E-state index contributed by atoms with van der Waals surface area (Å²) in [5.74, 6) is -1.67. The van der Waals surface area contributed by atoms with E-state index >= 15 is 0 Å². The molecule has 94 valence electrons. The van der Waals surface area contributed by atoms with Gasteiger partial charge in [0.25, 0.3) is 11.9 Å². The van der Waals surface area contributed by atoms with Crippen LogP contribution in [0.4, 0.5) is 0 Å². The van der Waals surface area contributed by atoms with E-state index in [0.29, 0.717) is 12.8 Å². The molecule has 16 heavy (non-hydrogen) atoms. The SMILES string of the molecule is CC(=O)O.CC(=O)O.O[C@@H]1C=C[C@H](O)CC1. The fraction of sp³-hybridized carbons (Fsp3) is 0.600. The average molecular weight is 234 g/mol. The number of aliphatic hydroxyl groups excluding tert-OH is 2. The lowest BCUT2D eigenvalue weighted by Crippen LogP contribution is -2.14. The van der Waals surface area contributed by atoms with Gasteiger partial charge in [0.15, 0.2) is 0 Å². The van der Waals surface area contributed by atoms with Crippen LogP contribution in [0.1, 0.15) is 26.7 Å². The van der Waals surface area contributed by atoms with Gasteiger partial charge in [-0.25, -0.2) is 0 Å². The van der Waals surface area contributed by atoms with Crippen LogP contribution in [0.3, 0.4) is 0 Å². The lowest BCUT2D eigenvalue weighted by Gasteiger charge is -2.13. The van der Waals surface area contributed by atoms with E-state index in [0.717, 1.165) is 13.8 Å². The first-order chi connectivity index (χ1) is 7.25. The zero-order valence-corrected chi connectivity index (χ0v) is 9.33. The number of carboxylic acid groups (broad SMARTS) is 2. The van der Waals surface area contributed by atoms with Crippen molar-refractivity contribution >= 4 is 11.9 Å². The smallest absolute Gasteiger partial charge is 0.300 e. The van der Waals surface area contributed by atoms with Gasteiger partial charge in [0.2, 0.25) is 0 Å². The molecule has 2 atom stereocenters. The maximum atomic E-state index is 9.00. The van der Waals surface area contributed by atoms with Gasteiger partial charge >= 0.3 is 0 Å². The molecule has 0 heterocycles. The molecule has 0 aliphatic heterocycles. The quantitative estimate of drug-likeness (QED) is 0.446. The number of hydrogen-bond acceptors (Lipinski definition) is 4. The number of hydrogen-bond donors (Lipinski definition) is 4. The molecular weight excluding hydrogens is 216 g/mol. The van der Waals surface area contributed by atoms with Crippen molar-refractivity contribution < 1.29 is 30.0 Å². The molecule has 0 bridgehead atoms. The average Bonchev–Trinajstić information content (AvgIpc) is 2.08. The van der Waals surface area contributed by atoms with Crippen molar-refractivity contribution in [1.29, 1.82) is 0 Å². The summed E-state index contributed by atoms with van der Waals surface area (Å²) in [6.45, 7) is 2.17. The van der Waals surface area contributed by atoms with Crippen LogP contribution in [0, 0.1) is 0 Å². The minimum atomic E-state index is -0.833. The van der Waals surface area contributed by atoms with Gasteiger partial charge in [-0.15, -0.1) is 0 Å². The Balaban J connectivity index is 0. The maximum Gasteiger partial charge on any atom is 0.300 e. The van der Waals surface area contributed by atoms with E-state index in [9.17, 15) is 0 Å². The van der Waals surface area contributed by atoms with Crippen LogP contribution in [0.5, 0.6) is 0 Å². The number of rotatable bonds is 0. The topological polar surface area (TPSA) is 115 Å². The van der Waals surface area contributed by atoms with Crippen molar-refractivity contribution in [2.45, 2.75) is 38.9 Å². The van der Waals surface area contributed by atoms with Crippen LogP contribution in [0.25, 0.3) is 0 Å². The second-order valence-corrected chi connectivity index (χ2v) is 3.13. The summed E-state index contributed by atoms with van der Waals surface area (Å²) in [7, 11) is 0. The van der Waals surface area contributed by atoms with Crippen molar-refractivity contribution in [2.75, 3.05) is 0 Å². The van der Waals surface area contributed by atoms with Gasteiger partial charge in [0.1, 0.15) is 0 Å². The highest BCUT2D eigenvalue weighted by Gasteiger charge is 2.09. The normalized spacial score (nSPS) is 22.0. The summed E-state index contributed by atoms with van der Waals surface area (Å²) in [6.07, 6.45) is 4.01. The van der Waals surface area contributed by atoms with Crippen molar-refractivity contribution in [1.82, 2.24) is 0 Å². The molecule has 0 radical (unpaired) electrons. The fourth-order valence-electron chi connectivity index (χ4n) is 0.790. The lowest BCUT2D eigenvalue weighted by atomic mass is 10.0. The summed E-state index contributed by atoms with van der Waals surface area (Å²) < 4.78 is 0. The van der Waals surface area contributed by atoms with Gasteiger partial charge < -0.3 is 20.4 Å². The first kappa shape index (κ1) is 17.0. The van der Waals surface area contributed by atoms with Gasteiger partial charge in [-0.05, 0) is 12.8 Å². The van der Waals surface area contributed by atoms with E-state index in [-0.39, 0.29) is 12.2 Å². The predicted octanol–water partition coefficient (Wildman–Crippen LogP) is 0.240. The molecule has 0 saturated heterocycles. The van der Waals surface area contributed by atoms with Crippen LogP contribution >= 0.6 is 0 Å². The molecule has 0 aromatic carbocycles. The zero-order valence-electron chi connectivity index (χ0n) is 9.33. The number of carboxylic acids is 2. The van der Waals surface area contributed by atoms with Gasteiger partial charge in [-0.1, -0.05) is 12.2 Å². The van der Waals surface area contributed by atoms with Crippen LogP contribution in [-0.4, -0.2) is 44.6 Å². The van der Waals surface area contributed by atoms with E-state index < -0.39 is 11.9 Å². The van der Waals surface area contributed by atoms with Crippen LogP contribution in [-0.2, 0) is 9.59 Å². The zero-order chi connectivity index (χ0) is 13.1. The van der Waals surface area contributed by atoms with Crippen LogP contribution in [0.2, 0.25) is 0 Å². The van der Waals surface area contributed by atoms with Crippen molar-refractivity contribution in [3.63, 3.8) is 0 Å². The number of carbonyl (C=O) groups is 2. The molecule has 4 N–H and O–H groups in total. The van der Waals surface area contributed by atoms with Gasteiger partial charge in [0, 0.05) is 13.8 Å². The van der Waals surface area contributed by atoms with Crippen molar-refractivity contribution in [3.8, 4) is 0 Å². The highest BCUT2D eigenvalue weighted by atomic mass is 16.4. The first-order valence-electron chi connectivity index (χ1n) is 4.69. The monoisotopic (exact) mass is 234 g/mol. The largest absolute Gasteiger partial charge is 0.481 e. The van der Waals surface area contributed by atoms with Crippen molar-refractivity contribution in [2.24, 2.45) is 0 Å². The number of aliphatic hydroxyl groups is 2. The molecule has 6 nitrogen and oxygen atoms in total. The second-order valence-electron chi connectivity index (χ2n) is 3.13. The molecule has 0 aromatic rings. The summed E-state index contributed by atoms with van der Waals surface area (Å²) >= 11 is 0. The van der Waals surface area contributed by atoms with E-state index in [1.807, 2.05) is 0 Å². The molecule has 1 aliphatic rings. The van der Waals surface area contributed by atoms with E-state index in [1.54, 1.807) is 12.2 Å². The predicted molar refractivity (Wildman–Crippen MR) is 57.0 cm³/mol. The van der Waals surface area contributed by atoms with E-state index in [2.05, 4.69) is 0 Å². The molecule has 0 amide bonds. The second kappa shape index (κ2) is 10.1. The molecule has 1 rings (SSSR count). The Bertz CT molecular complexity index is 203.